The highest BCUT2D eigenvalue weighted by atomic mass is 16.5. The van der Waals surface area contributed by atoms with E-state index in [2.05, 4.69) is 16.3 Å². The molecule has 32 heavy (non-hydrogen) atoms. The topological polar surface area (TPSA) is 110 Å². The quantitative estimate of drug-likeness (QED) is 0.551. The van der Waals surface area contributed by atoms with E-state index in [-0.39, 0.29) is 12.0 Å². The SMILES string of the molecule is COC(=O)C[C@H](c1ccc(C(=O)OC)cc1)c1c(Cc2ccc3c(c2)CCO3)[nH][nH]c1=O. The van der Waals surface area contributed by atoms with Gasteiger partial charge in [-0.05, 0) is 34.9 Å². The molecule has 0 unspecified atom stereocenters. The van der Waals surface area contributed by atoms with Crippen LogP contribution in [0.15, 0.2) is 47.3 Å². The lowest BCUT2D eigenvalue weighted by atomic mass is 9.87. The van der Waals surface area contributed by atoms with Crippen LogP contribution in [0.4, 0.5) is 0 Å². The minimum absolute atomic E-state index is 0.0139. The van der Waals surface area contributed by atoms with Gasteiger partial charge in [-0.3, -0.25) is 14.7 Å². The van der Waals surface area contributed by atoms with Crippen molar-refractivity contribution in [3.8, 4) is 5.75 Å². The minimum atomic E-state index is -0.545. The molecule has 2 heterocycles. The molecule has 3 aromatic rings. The van der Waals surface area contributed by atoms with E-state index in [1.807, 2.05) is 12.1 Å². The summed E-state index contributed by atoms with van der Waals surface area (Å²) in [5, 5.41) is 5.63. The molecule has 8 nitrogen and oxygen atoms in total. The molecule has 2 N–H and O–H groups in total. The zero-order valence-corrected chi connectivity index (χ0v) is 17.9. The molecule has 8 heteroatoms. The van der Waals surface area contributed by atoms with Gasteiger partial charge < -0.3 is 19.3 Å². The Kier molecular flexibility index (Phi) is 6.11. The maximum atomic E-state index is 12.8. The van der Waals surface area contributed by atoms with Crippen molar-refractivity contribution in [1.29, 1.82) is 0 Å². The maximum absolute atomic E-state index is 12.8. The summed E-state index contributed by atoms with van der Waals surface area (Å²) in [6.45, 7) is 0.674. The molecule has 4 rings (SSSR count). The van der Waals surface area contributed by atoms with Crippen LogP contribution in [0.2, 0.25) is 0 Å². The number of aromatic amines is 2. The average Bonchev–Trinajstić information content (AvgIpc) is 3.43. The van der Waals surface area contributed by atoms with E-state index < -0.39 is 17.9 Å². The van der Waals surface area contributed by atoms with Crippen LogP contribution in [-0.2, 0) is 27.1 Å². The number of H-pyrrole nitrogens is 2. The lowest BCUT2D eigenvalue weighted by Crippen LogP contribution is -2.18. The van der Waals surface area contributed by atoms with Crippen molar-refractivity contribution in [3.63, 3.8) is 0 Å². The molecule has 0 bridgehead atoms. The summed E-state index contributed by atoms with van der Waals surface area (Å²) < 4.78 is 15.2. The number of nitrogens with one attached hydrogen (secondary N) is 2. The van der Waals surface area contributed by atoms with Crippen LogP contribution in [0.25, 0.3) is 0 Å². The Morgan fingerprint density at radius 3 is 2.56 bits per heavy atom. The van der Waals surface area contributed by atoms with E-state index in [0.29, 0.717) is 29.8 Å². The molecule has 0 amide bonds. The number of benzene rings is 2. The fraction of sp³-hybridized carbons (Fsp3) is 0.292. The fourth-order valence-corrected chi connectivity index (χ4v) is 4.07. The Labute approximate surface area is 184 Å². The number of carbonyl (C=O) groups excluding carboxylic acids is 2. The van der Waals surface area contributed by atoms with Crippen LogP contribution in [0.5, 0.6) is 5.75 Å². The number of aromatic nitrogens is 2. The second-order valence-corrected chi connectivity index (χ2v) is 7.64. The van der Waals surface area contributed by atoms with E-state index in [1.54, 1.807) is 24.3 Å². The van der Waals surface area contributed by atoms with Crippen molar-refractivity contribution in [2.45, 2.75) is 25.2 Å². The van der Waals surface area contributed by atoms with E-state index >= 15 is 0 Å². The first-order chi connectivity index (χ1) is 15.5. The highest BCUT2D eigenvalue weighted by Crippen LogP contribution is 2.31. The molecule has 1 aromatic heterocycles. The first-order valence-electron chi connectivity index (χ1n) is 10.3. The molecule has 1 atom stereocenters. The van der Waals surface area contributed by atoms with E-state index in [0.717, 1.165) is 28.9 Å². The van der Waals surface area contributed by atoms with E-state index in [1.165, 1.54) is 14.2 Å². The van der Waals surface area contributed by atoms with Gasteiger partial charge in [0, 0.05) is 30.0 Å². The van der Waals surface area contributed by atoms with Crippen molar-refractivity contribution in [3.05, 3.63) is 86.3 Å². The highest BCUT2D eigenvalue weighted by Gasteiger charge is 2.26. The summed E-state index contributed by atoms with van der Waals surface area (Å²) in [4.78, 5) is 36.8. The smallest absolute Gasteiger partial charge is 0.337 e. The van der Waals surface area contributed by atoms with Gasteiger partial charge in [-0.15, -0.1) is 0 Å². The van der Waals surface area contributed by atoms with Crippen LogP contribution in [0.3, 0.4) is 0 Å². The molecule has 0 saturated heterocycles. The van der Waals surface area contributed by atoms with Crippen LogP contribution < -0.4 is 10.3 Å². The predicted molar refractivity (Wildman–Crippen MR) is 116 cm³/mol. The van der Waals surface area contributed by atoms with Crippen molar-refractivity contribution in [2.75, 3.05) is 20.8 Å². The van der Waals surface area contributed by atoms with Crippen molar-refractivity contribution < 1.29 is 23.8 Å². The molecular weight excluding hydrogens is 412 g/mol. The molecule has 166 valence electrons. The number of hydrogen-bond acceptors (Lipinski definition) is 6. The number of hydrogen-bond donors (Lipinski definition) is 2. The molecule has 2 aromatic carbocycles. The first kappa shape index (κ1) is 21.4. The lowest BCUT2D eigenvalue weighted by molar-refractivity contribution is -0.140. The summed E-state index contributed by atoms with van der Waals surface area (Å²) in [6.07, 6.45) is 1.33. The Balaban J connectivity index is 1.70. The van der Waals surface area contributed by atoms with Gasteiger partial charge >= 0.3 is 11.9 Å². The number of esters is 2. The molecule has 0 spiro atoms. The molecular formula is C24H24N2O6. The van der Waals surface area contributed by atoms with Gasteiger partial charge in [0.15, 0.2) is 0 Å². The zero-order valence-electron chi connectivity index (χ0n) is 17.9. The number of ether oxygens (including phenoxy) is 3. The number of methoxy groups -OCH3 is 2. The van der Waals surface area contributed by atoms with Gasteiger partial charge in [-0.2, -0.15) is 0 Å². The Morgan fingerprint density at radius 1 is 1.06 bits per heavy atom. The Morgan fingerprint density at radius 2 is 1.84 bits per heavy atom. The Bertz CT molecular complexity index is 1190. The van der Waals surface area contributed by atoms with E-state index in [4.69, 9.17) is 14.2 Å². The van der Waals surface area contributed by atoms with Crippen LogP contribution in [0, 0.1) is 0 Å². The average molecular weight is 436 g/mol. The molecule has 1 aliphatic heterocycles. The fourth-order valence-electron chi connectivity index (χ4n) is 4.07. The van der Waals surface area contributed by atoms with Gasteiger partial charge in [0.25, 0.3) is 5.56 Å². The molecule has 1 aliphatic rings. The number of rotatable bonds is 7. The van der Waals surface area contributed by atoms with Crippen molar-refractivity contribution in [1.82, 2.24) is 10.2 Å². The van der Waals surface area contributed by atoms with Gasteiger partial charge in [0.2, 0.25) is 0 Å². The second kappa shape index (κ2) is 9.13. The van der Waals surface area contributed by atoms with Crippen molar-refractivity contribution >= 4 is 11.9 Å². The van der Waals surface area contributed by atoms with Crippen LogP contribution in [-0.4, -0.2) is 43.0 Å². The third-order valence-corrected chi connectivity index (χ3v) is 5.71. The van der Waals surface area contributed by atoms with Gasteiger partial charge in [-0.25, -0.2) is 4.79 Å². The second-order valence-electron chi connectivity index (χ2n) is 7.64. The molecule has 0 fully saturated rings. The normalized spacial score (nSPS) is 13.2. The van der Waals surface area contributed by atoms with Gasteiger partial charge in [0.05, 0.1) is 32.8 Å². The maximum Gasteiger partial charge on any atom is 0.337 e. The third kappa shape index (κ3) is 4.30. The highest BCUT2D eigenvalue weighted by molar-refractivity contribution is 5.89. The number of carbonyl (C=O) groups is 2. The van der Waals surface area contributed by atoms with E-state index in [9.17, 15) is 14.4 Å². The monoisotopic (exact) mass is 436 g/mol. The minimum Gasteiger partial charge on any atom is -0.493 e. The third-order valence-electron chi connectivity index (χ3n) is 5.71. The summed E-state index contributed by atoms with van der Waals surface area (Å²) in [7, 11) is 2.63. The summed E-state index contributed by atoms with van der Waals surface area (Å²) >= 11 is 0. The predicted octanol–water partition coefficient (Wildman–Crippen LogP) is 2.71. The molecule has 0 radical (unpaired) electrons. The molecule has 0 saturated carbocycles. The summed E-state index contributed by atoms with van der Waals surface area (Å²) in [5.41, 5.74) is 4.15. The zero-order chi connectivity index (χ0) is 22.7. The largest absolute Gasteiger partial charge is 0.493 e. The van der Waals surface area contributed by atoms with Crippen LogP contribution in [0.1, 0.15) is 50.6 Å². The Hall–Kier alpha value is -3.81. The van der Waals surface area contributed by atoms with Gasteiger partial charge in [0.1, 0.15) is 5.75 Å². The van der Waals surface area contributed by atoms with Crippen molar-refractivity contribution in [2.24, 2.45) is 0 Å². The number of fused-ring (bicyclic) bond motifs is 1. The van der Waals surface area contributed by atoms with Gasteiger partial charge in [-0.1, -0.05) is 24.3 Å². The summed E-state index contributed by atoms with van der Waals surface area (Å²) in [5.74, 6) is -0.544. The standard InChI is InChI=1S/C24H24N2O6/c1-30-21(27)13-18(15-4-6-16(7-5-15)24(29)31-2)22-19(25-26-23(22)28)12-14-3-8-20-17(11-14)9-10-32-20/h3-8,11,18H,9-10,12-13H2,1-2H3,(H2,25,26,28)/t18-/m1/s1. The molecule has 0 aliphatic carbocycles. The first-order valence-corrected chi connectivity index (χ1v) is 10.3. The van der Waals surface area contributed by atoms with Crippen LogP contribution >= 0.6 is 0 Å². The lowest BCUT2D eigenvalue weighted by Gasteiger charge is -2.17. The summed E-state index contributed by atoms with van der Waals surface area (Å²) in [6, 6.07) is 12.7.